The van der Waals surface area contributed by atoms with Gasteiger partial charge in [0, 0.05) is 6.54 Å². The fourth-order valence-corrected chi connectivity index (χ4v) is 2.76. The molecule has 21 heavy (non-hydrogen) atoms. The van der Waals surface area contributed by atoms with Crippen LogP contribution in [0.15, 0.2) is 18.2 Å². The summed E-state index contributed by atoms with van der Waals surface area (Å²) in [6.45, 7) is 0.123. The summed E-state index contributed by atoms with van der Waals surface area (Å²) in [5.74, 6) is -0.883. The summed E-state index contributed by atoms with van der Waals surface area (Å²) in [4.78, 5) is 21.9. The third-order valence-corrected chi connectivity index (χ3v) is 3.97. The normalized spacial score (nSPS) is 16.1. The van der Waals surface area contributed by atoms with Crippen LogP contribution < -0.4 is 5.32 Å². The first-order chi connectivity index (χ1) is 10.00. The van der Waals surface area contributed by atoms with Crippen LogP contribution in [-0.4, -0.2) is 22.5 Å². The van der Waals surface area contributed by atoms with E-state index in [0.717, 1.165) is 12.8 Å². The van der Waals surface area contributed by atoms with Gasteiger partial charge >= 0.3 is 11.7 Å². The van der Waals surface area contributed by atoms with Gasteiger partial charge in [-0.15, -0.1) is 0 Å². The lowest BCUT2D eigenvalue weighted by Crippen LogP contribution is -2.35. The van der Waals surface area contributed by atoms with Gasteiger partial charge in [-0.25, -0.2) is 0 Å². The van der Waals surface area contributed by atoms with E-state index < -0.39 is 16.3 Å². The maximum atomic E-state index is 11.5. The summed E-state index contributed by atoms with van der Waals surface area (Å²) in [6.07, 6.45) is 2.80. The Morgan fingerprint density at radius 1 is 1.48 bits per heavy atom. The Morgan fingerprint density at radius 2 is 2.14 bits per heavy atom. The largest absolute Gasteiger partial charge is 0.481 e. The molecule has 7 nitrogen and oxygen atoms in total. The third kappa shape index (κ3) is 2.79. The third-order valence-electron chi connectivity index (χ3n) is 3.97. The lowest BCUT2D eigenvalue weighted by molar-refractivity contribution is -0.384. The van der Waals surface area contributed by atoms with Crippen molar-refractivity contribution in [2.45, 2.75) is 25.7 Å². The van der Waals surface area contributed by atoms with Crippen molar-refractivity contribution < 1.29 is 14.8 Å². The number of carboxylic acid groups (broad SMARTS) is 1. The number of benzene rings is 1. The van der Waals surface area contributed by atoms with E-state index >= 15 is 0 Å². The van der Waals surface area contributed by atoms with Crippen molar-refractivity contribution in [1.82, 2.24) is 0 Å². The van der Waals surface area contributed by atoms with Gasteiger partial charge in [-0.2, -0.15) is 5.26 Å². The van der Waals surface area contributed by atoms with E-state index in [0.29, 0.717) is 12.8 Å². The van der Waals surface area contributed by atoms with Crippen LogP contribution in [0.4, 0.5) is 11.4 Å². The molecule has 1 aliphatic rings. The first-order valence-corrected chi connectivity index (χ1v) is 6.65. The number of nitriles is 1. The van der Waals surface area contributed by atoms with Crippen molar-refractivity contribution in [3.63, 3.8) is 0 Å². The van der Waals surface area contributed by atoms with E-state index in [2.05, 4.69) is 5.32 Å². The zero-order valence-corrected chi connectivity index (χ0v) is 11.3. The average molecular weight is 289 g/mol. The number of carbonyl (C=O) groups is 1. The van der Waals surface area contributed by atoms with E-state index in [4.69, 9.17) is 5.26 Å². The number of hydrogen-bond donors (Lipinski definition) is 2. The molecule has 1 aliphatic carbocycles. The number of nitrogens with zero attached hydrogens (tertiary/aromatic N) is 2. The van der Waals surface area contributed by atoms with Crippen LogP contribution in [0, 0.1) is 26.9 Å². The van der Waals surface area contributed by atoms with Crippen molar-refractivity contribution in [3.05, 3.63) is 33.9 Å². The van der Waals surface area contributed by atoms with Crippen molar-refractivity contribution >= 4 is 17.3 Å². The van der Waals surface area contributed by atoms with Gasteiger partial charge in [-0.1, -0.05) is 18.9 Å². The smallest absolute Gasteiger partial charge is 0.311 e. The van der Waals surface area contributed by atoms with Crippen LogP contribution in [0.25, 0.3) is 0 Å². The first kappa shape index (κ1) is 14.8. The van der Waals surface area contributed by atoms with E-state index in [1.807, 2.05) is 0 Å². The molecule has 0 aliphatic heterocycles. The number of rotatable bonds is 5. The average Bonchev–Trinajstić information content (AvgIpc) is 2.94. The van der Waals surface area contributed by atoms with Gasteiger partial charge in [-0.3, -0.25) is 14.9 Å². The minimum atomic E-state index is -0.883. The monoisotopic (exact) mass is 289 g/mol. The molecule has 0 heterocycles. The number of nitro benzene ring substituents is 1. The van der Waals surface area contributed by atoms with Crippen LogP contribution in [0.5, 0.6) is 0 Å². The number of aliphatic carboxylic acids is 1. The van der Waals surface area contributed by atoms with Crippen molar-refractivity contribution in [2.24, 2.45) is 5.41 Å². The molecule has 0 unspecified atom stereocenters. The summed E-state index contributed by atoms with van der Waals surface area (Å²) < 4.78 is 0. The lowest BCUT2D eigenvalue weighted by Gasteiger charge is -2.24. The number of carboxylic acids is 1. The van der Waals surface area contributed by atoms with Gasteiger partial charge < -0.3 is 10.4 Å². The second-order valence-electron chi connectivity index (χ2n) is 5.22. The van der Waals surface area contributed by atoms with Gasteiger partial charge in [0.15, 0.2) is 0 Å². The SMILES string of the molecule is N#Cc1cccc(NCC2(C(=O)O)CCCC2)c1[N+](=O)[O-]. The molecule has 0 amide bonds. The lowest BCUT2D eigenvalue weighted by atomic mass is 9.86. The Kier molecular flexibility index (Phi) is 4.08. The van der Waals surface area contributed by atoms with Crippen LogP contribution in [0.1, 0.15) is 31.2 Å². The number of anilines is 1. The molecule has 1 fully saturated rings. The highest BCUT2D eigenvalue weighted by atomic mass is 16.6. The summed E-state index contributed by atoms with van der Waals surface area (Å²) in [5.41, 5.74) is -1.04. The van der Waals surface area contributed by atoms with Crippen LogP contribution >= 0.6 is 0 Å². The standard InChI is InChI=1S/C14H15N3O4/c15-8-10-4-3-5-11(12(10)17(20)21)16-9-14(13(18)19)6-1-2-7-14/h3-5,16H,1-2,6-7,9H2,(H,18,19). The molecule has 1 saturated carbocycles. The predicted molar refractivity (Wildman–Crippen MR) is 74.8 cm³/mol. The Balaban J connectivity index is 2.26. The summed E-state index contributed by atoms with van der Waals surface area (Å²) >= 11 is 0. The second-order valence-corrected chi connectivity index (χ2v) is 5.22. The van der Waals surface area contributed by atoms with Gasteiger partial charge in [0.1, 0.15) is 17.3 Å². The highest BCUT2D eigenvalue weighted by Crippen LogP contribution is 2.39. The first-order valence-electron chi connectivity index (χ1n) is 6.65. The van der Waals surface area contributed by atoms with Crippen molar-refractivity contribution in [1.29, 1.82) is 5.26 Å². The molecule has 1 aromatic carbocycles. The molecule has 0 radical (unpaired) electrons. The molecule has 2 N–H and O–H groups in total. The summed E-state index contributed by atoms with van der Waals surface area (Å²) in [5, 5.41) is 32.3. The minimum Gasteiger partial charge on any atom is -0.481 e. The fourth-order valence-electron chi connectivity index (χ4n) is 2.76. The second kappa shape index (κ2) is 5.79. The molecule has 1 aromatic rings. The van der Waals surface area contributed by atoms with Gasteiger partial charge in [0.05, 0.1) is 10.3 Å². The van der Waals surface area contributed by atoms with Crippen LogP contribution in [0.3, 0.4) is 0 Å². The van der Waals surface area contributed by atoms with Gasteiger partial charge in [0.25, 0.3) is 0 Å². The summed E-state index contributed by atoms with van der Waals surface area (Å²) in [6, 6.07) is 6.17. The molecule has 7 heteroatoms. The van der Waals surface area contributed by atoms with Crippen LogP contribution in [0.2, 0.25) is 0 Å². The highest BCUT2D eigenvalue weighted by Gasteiger charge is 2.41. The van der Waals surface area contributed by atoms with Crippen molar-refractivity contribution in [2.75, 3.05) is 11.9 Å². The number of para-hydroxylation sites is 1. The van der Waals surface area contributed by atoms with E-state index in [1.54, 1.807) is 6.07 Å². The van der Waals surface area contributed by atoms with E-state index in [9.17, 15) is 20.0 Å². The quantitative estimate of drug-likeness (QED) is 0.635. The van der Waals surface area contributed by atoms with Gasteiger partial charge in [0.2, 0.25) is 0 Å². The highest BCUT2D eigenvalue weighted by molar-refractivity contribution is 5.76. The van der Waals surface area contributed by atoms with Gasteiger partial charge in [-0.05, 0) is 25.0 Å². The van der Waals surface area contributed by atoms with Crippen LogP contribution in [-0.2, 0) is 4.79 Å². The molecule has 110 valence electrons. The predicted octanol–water partition coefficient (Wildman–Crippen LogP) is 2.52. The van der Waals surface area contributed by atoms with E-state index in [-0.39, 0.29) is 23.5 Å². The fraction of sp³-hybridized carbons (Fsp3) is 0.429. The minimum absolute atomic E-state index is 0.0409. The topological polar surface area (TPSA) is 116 Å². The molecule has 0 saturated heterocycles. The zero-order valence-electron chi connectivity index (χ0n) is 11.3. The molecule has 0 bridgehead atoms. The molecule has 2 rings (SSSR count). The number of hydrogen-bond acceptors (Lipinski definition) is 5. The summed E-state index contributed by atoms with van der Waals surface area (Å²) in [7, 11) is 0. The van der Waals surface area contributed by atoms with E-state index in [1.165, 1.54) is 18.2 Å². The number of nitrogens with one attached hydrogen (secondary N) is 1. The zero-order chi connectivity index (χ0) is 15.5. The Labute approximate surface area is 121 Å². The maximum absolute atomic E-state index is 11.5. The molecule has 0 atom stereocenters. The molecule has 0 aromatic heterocycles. The van der Waals surface area contributed by atoms with Crippen molar-refractivity contribution in [3.8, 4) is 6.07 Å². The Morgan fingerprint density at radius 3 is 2.67 bits per heavy atom. The number of nitro groups is 1. The Hall–Kier alpha value is -2.62. The molecule has 0 spiro atoms. The molecular weight excluding hydrogens is 274 g/mol. The molecular formula is C14H15N3O4. The maximum Gasteiger partial charge on any atom is 0.311 e. The Bertz CT molecular complexity index is 615.